The summed E-state index contributed by atoms with van der Waals surface area (Å²) in [4.78, 5) is 40.9. The molecule has 3 rings (SSSR count). The van der Waals surface area contributed by atoms with Crippen molar-refractivity contribution in [2.45, 2.75) is 31.2 Å². The highest BCUT2D eigenvalue weighted by Gasteiger charge is 2.21. The van der Waals surface area contributed by atoms with Gasteiger partial charge in [0.15, 0.2) is 5.16 Å². The van der Waals surface area contributed by atoms with E-state index >= 15 is 0 Å². The number of carbonyl (C=O) groups excluding carboxylic acids is 2. The van der Waals surface area contributed by atoms with Crippen LogP contribution in [0.3, 0.4) is 0 Å². The van der Waals surface area contributed by atoms with Gasteiger partial charge < -0.3 is 5.73 Å². The first-order valence-corrected chi connectivity index (χ1v) is 9.52. The number of aromatic nitrogens is 2. The maximum atomic E-state index is 13.3. The second-order valence-electron chi connectivity index (χ2n) is 6.46. The quantitative estimate of drug-likeness (QED) is 0.521. The molecule has 8 heteroatoms. The van der Waals surface area contributed by atoms with Gasteiger partial charge in [-0.2, -0.15) is 0 Å². The molecule has 0 aliphatic rings. The number of hydrogen-bond acceptors (Lipinski definition) is 5. The number of amides is 3. The van der Waals surface area contributed by atoms with Crippen LogP contribution in [0.4, 0.5) is 4.79 Å². The number of para-hydroxylation sites is 1. The summed E-state index contributed by atoms with van der Waals surface area (Å²) < 4.78 is 1.51. The minimum Gasteiger partial charge on any atom is -0.351 e. The van der Waals surface area contributed by atoms with Gasteiger partial charge in [0, 0.05) is 0 Å². The number of aryl methyl sites for hydroxylation is 2. The van der Waals surface area contributed by atoms with Crippen molar-refractivity contribution in [3.05, 3.63) is 63.9 Å². The molecule has 3 N–H and O–H groups in total. The number of carbonyl (C=O) groups is 2. The Labute approximate surface area is 166 Å². The fraction of sp³-hybridized carbons (Fsp3) is 0.200. The van der Waals surface area contributed by atoms with Gasteiger partial charge in [0.2, 0.25) is 5.91 Å². The number of hydrogen-bond donors (Lipinski definition) is 2. The van der Waals surface area contributed by atoms with Crippen LogP contribution in [0.5, 0.6) is 0 Å². The second-order valence-corrected chi connectivity index (χ2v) is 7.76. The number of primary amides is 1. The lowest BCUT2D eigenvalue weighted by molar-refractivity contribution is -0.119. The van der Waals surface area contributed by atoms with Crippen molar-refractivity contribution in [1.29, 1.82) is 0 Å². The van der Waals surface area contributed by atoms with Gasteiger partial charge in [-0.3, -0.25) is 19.5 Å². The fourth-order valence-electron chi connectivity index (χ4n) is 2.89. The zero-order valence-electron chi connectivity index (χ0n) is 15.7. The van der Waals surface area contributed by atoms with Crippen LogP contribution < -0.4 is 16.6 Å². The Balaban J connectivity index is 2.19. The second kappa shape index (κ2) is 7.85. The van der Waals surface area contributed by atoms with Crippen molar-refractivity contribution in [3.8, 4) is 5.69 Å². The number of benzene rings is 2. The van der Waals surface area contributed by atoms with E-state index in [0.29, 0.717) is 21.7 Å². The van der Waals surface area contributed by atoms with Gasteiger partial charge in [-0.15, -0.1) is 0 Å². The minimum atomic E-state index is -0.921. The minimum absolute atomic E-state index is 0.220. The lowest BCUT2D eigenvalue weighted by Crippen LogP contribution is -2.39. The van der Waals surface area contributed by atoms with Crippen LogP contribution in [-0.4, -0.2) is 26.7 Å². The van der Waals surface area contributed by atoms with E-state index in [0.717, 1.165) is 22.9 Å². The highest BCUT2D eigenvalue weighted by atomic mass is 32.2. The summed E-state index contributed by atoms with van der Waals surface area (Å²) >= 11 is 1.09. The first-order chi connectivity index (χ1) is 13.3. The molecule has 7 nitrogen and oxygen atoms in total. The van der Waals surface area contributed by atoms with Gasteiger partial charge >= 0.3 is 6.03 Å². The lowest BCUT2D eigenvalue weighted by Gasteiger charge is -2.17. The summed E-state index contributed by atoms with van der Waals surface area (Å²) in [5, 5.41) is 2.22. The SMILES string of the molecule is Cc1ccc(-n2c(S[C@H](C)C(=O)NC(N)=O)nc3ccccc3c2=O)c(C)c1. The molecule has 1 aromatic heterocycles. The lowest BCUT2D eigenvalue weighted by atomic mass is 10.1. The molecule has 3 aromatic rings. The Morgan fingerprint density at radius 1 is 1.18 bits per heavy atom. The van der Waals surface area contributed by atoms with E-state index < -0.39 is 17.2 Å². The smallest absolute Gasteiger partial charge is 0.318 e. The number of urea groups is 1. The number of nitrogens with two attached hydrogens (primary N) is 1. The molecule has 0 aliphatic heterocycles. The average Bonchev–Trinajstić information content (AvgIpc) is 2.62. The molecule has 0 radical (unpaired) electrons. The van der Waals surface area contributed by atoms with E-state index in [1.54, 1.807) is 31.2 Å². The Morgan fingerprint density at radius 3 is 2.57 bits per heavy atom. The molecular formula is C20H20N4O3S. The third-order valence-corrected chi connectivity index (χ3v) is 5.29. The number of thioether (sulfide) groups is 1. The van der Waals surface area contributed by atoms with E-state index in [-0.39, 0.29) is 5.56 Å². The maximum Gasteiger partial charge on any atom is 0.318 e. The van der Waals surface area contributed by atoms with E-state index in [9.17, 15) is 14.4 Å². The summed E-state index contributed by atoms with van der Waals surface area (Å²) in [5.41, 5.74) is 8.03. The Morgan fingerprint density at radius 2 is 1.89 bits per heavy atom. The predicted molar refractivity (Wildman–Crippen MR) is 110 cm³/mol. The molecular weight excluding hydrogens is 376 g/mol. The molecule has 144 valence electrons. The number of nitrogens with one attached hydrogen (secondary N) is 1. The van der Waals surface area contributed by atoms with E-state index in [1.165, 1.54) is 4.57 Å². The van der Waals surface area contributed by atoms with Gasteiger partial charge in [0.1, 0.15) is 0 Å². The molecule has 0 unspecified atom stereocenters. The number of imide groups is 1. The van der Waals surface area contributed by atoms with Crippen LogP contribution in [0.2, 0.25) is 0 Å². The van der Waals surface area contributed by atoms with Crippen molar-refractivity contribution in [2.75, 3.05) is 0 Å². The van der Waals surface area contributed by atoms with Gasteiger partial charge in [-0.25, -0.2) is 9.78 Å². The molecule has 28 heavy (non-hydrogen) atoms. The fourth-order valence-corrected chi connectivity index (χ4v) is 3.81. The average molecular weight is 396 g/mol. The van der Waals surface area contributed by atoms with Crippen LogP contribution in [-0.2, 0) is 4.79 Å². The molecule has 1 heterocycles. The number of fused-ring (bicyclic) bond motifs is 1. The third kappa shape index (κ3) is 3.91. The number of rotatable bonds is 4. The zero-order valence-corrected chi connectivity index (χ0v) is 16.5. The standard InChI is InChI=1S/C20H20N4O3S/c1-11-8-9-16(12(2)10-11)24-18(26)14-6-4-5-7-15(14)22-20(24)28-13(3)17(25)23-19(21)27/h4-10,13H,1-3H3,(H3,21,23,25,27)/t13-/m1/s1. The van der Waals surface area contributed by atoms with Crippen molar-refractivity contribution in [1.82, 2.24) is 14.9 Å². The van der Waals surface area contributed by atoms with Crippen LogP contribution in [0.25, 0.3) is 16.6 Å². The van der Waals surface area contributed by atoms with Crippen LogP contribution in [0.1, 0.15) is 18.1 Å². The maximum absolute atomic E-state index is 13.3. The van der Waals surface area contributed by atoms with Gasteiger partial charge in [0.25, 0.3) is 5.56 Å². The molecule has 0 spiro atoms. The van der Waals surface area contributed by atoms with Crippen molar-refractivity contribution >= 4 is 34.6 Å². The molecule has 0 saturated carbocycles. The summed E-state index contributed by atoms with van der Waals surface area (Å²) in [7, 11) is 0. The van der Waals surface area contributed by atoms with E-state index in [2.05, 4.69) is 10.3 Å². The molecule has 2 aromatic carbocycles. The van der Waals surface area contributed by atoms with Crippen molar-refractivity contribution in [2.24, 2.45) is 5.73 Å². The van der Waals surface area contributed by atoms with E-state index in [4.69, 9.17) is 5.73 Å². The Bertz CT molecular complexity index is 1140. The van der Waals surface area contributed by atoms with Crippen LogP contribution in [0, 0.1) is 13.8 Å². The first kappa shape index (κ1) is 19.6. The summed E-state index contributed by atoms with van der Waals surface area (Å²) in [6.07, 6.45) is 0. The summed E-state index contributed by atoms with van der Waals surface area (Å²) in [6, 6.07) is 11.9. The predicted octanol–water partition coefficient (Wildman–Crippen LogP) is 2.68. The summed E-state index contributed by atoms with van der Waals surface area (Å²) in [5.74, 6) is -0.549. The molecule has 3 amide bonds. The topological polar surface area (TPSA) is 107 Å². The normalized spacial score (nSPS) is 12.0. The number of nitrogens with zero attached hydrogens (tertiary/aromatic N) is 2. The van der Waals surface area contributed by atoms with Crippen LogP contribution >= 0.6 is 11.8 Å². The molecule has 0 fully saturated rings. The highest BCUT2D eigenvalue weighted by Crippen LogP contribution is 2.26. The monoisotopic (exact) mass is 396 g/mol. The first-order valence-electron chi connectivity index (χ1n) is 8.64. The summed E-state index contributed by atoms with van der Waals surface area (Å²) in [6.45, 7) is 5.52. The van der Waals surface area contributed by atoms with Gasteiger partial charge in [0.05, 0.1) is 21.8 Å². The zero-order chi connectivity index (χ0) is 20.4. The Kier molecular flexibility index (Phi) is 5.51. The van der Waals surface area contributed by atoms with Crippen molar-refractivity contribution < 1.29 is 9.59 Å². The molecule has 0 bridgehead atoms. The highest BCUT2D eigenvalue weighted by molar-refractivity contribution is 8.00. The van der Waals surface area contributed by atoms with E-state index in [1.807, 2.05) is 32.0 Å². The third-order valence-electron chi connectivity index (χ3n) is 4.24. The molecule has 0 aliphatic carbocycles. The largest absolute Gasteiger partial charge is 0.351 e. The Hall–Kier alpha value is -3.13. The van der Waals surface area contributed by atoms with Crippen molar-refractivity contribution in [3.63, 3.8) is 0 Å². The molecule has 0 saturated heterocycles. The molecule has 1 atom stereocenters. The van der Waals surface area contributed by atoms with Gasteiger partial charge in [-0.05, 0) is 44.5 Å². The van der Waals surface area contributed by atoms with Crippen LogP contribution in [0.15, 0.2) is 52.4 Å². The van der Waals surface area contributed by atoms with Gasteiger partial charge in [-0.1, -0.05) is 41.6 Å².